The summed E-state index contributed by atoms with van der Waals surface area (Å²) in [5.74, 6) is 1.92. The minimum atomic E-state index is 0.197. The maximum Gasteiger partial charge on any atom is 0.120 e. The van der Waals surface area contributed by atoms with Crippen LogP contribution < -0.4 is 5.32 Å². The van der Waals surface area contributed by atoms with E-state index in [1.54, 1.807) is 0 Å². The summed E-state index contributed by atoms with van der Waals surface area (Å²) in [6.45, 7) is 9.17. The SMILES string of the molecule is CCC(C)n1ccc(CNC(C)c2ccc(C)o2)n1. The summed E-state index contributed by atoms with van der Waals surface area (Å²) in [5, 5.41) is 8.00. The van der Waals surface area contributed by atoms with Crippen LogP contribution in [0, 0.1) is 6.92 Å². The summed E-state index contributed by atoms with van der Waals surface area (Å²) in [6.07, 6.45) is 3.14. The predicted octanol–water partition coefficient (Wildman–Crippen LogP) is 3.61. The van der Waals surface area contributed by atoms with Gasteiger partial charge in [0, 0.05) is 18.8 Å². The lowest BCUT2D eigenvalue weighted by Gasteiger charge is -2.11. The fourth-order valence-corrected chi connectivity index (χ4v) is 1.95. The number of furan rings is 1. The fourth-order valence-electron chi connectivity index (χ4n) is 1.95. The van der Waals surface area contributed by atoms with Crippen LogP contribution in [-0.4, -0.2) is 9.78 Å². The Hall–Kier alpha value is -1.55. The largest absolute Gasteiger partial charge is 0.465 e. The molecule has 0 fully saturated rings. The van der Waals surface area contributed by atoms with Gasteiger partial charge in [0.2, 0.25) is 0 Å². The Labute approximate surface area is 114 Å². The van der Waals surface area contributed by atoms with Crippen LogP contribution in [-0.2, 0) is 6.54 Å². The minimum absolute atomic E-state index is 0.197. The van der Waals surface area contributed by atoms with Gasteiger partial charge in [-0.25, -0.2) is 0 Å². The topological polar surface area (TPSA) is 43.0 Å². The van der Waals surface area contributed by atoms with Crippen molar-refractivity contribution in [1.29, 1.82) is 0 Å². The molecule has 2 rings (SSSR count). The summed E-state index contributed by atoms with van der Waals surface area (Å²) in [6, 6.07) is 6.73. The van der Waals surface area contributed by atoms with Crippen molar-refractivity contribution in [3.8, 4) is 0 Å². The summed E-state index contributed by atoms with van der Waals surface area (Å²) >= 11 is 0. The van der Waals surface area contributed by atoms with Crippen molar-refractivity contribution in [1.82, 2.24) is 15.1 Å². The van der Waals surface area contributed by atoms with Crippen molar-refractivity contribution >= 4 is 0 Å². The predicted molar refractivity (Wildman–Crippen MR) is 75.9 cm³/mol. The molecule has 2 unspecified atom stereocenters. The molecule has 4 nitrogen and oxygen atoms in total. The first-order valence-electron chi connectivity index (χ1n) is 6.94. The number of hydrogen-bond donors (Lipinski definition) is 1. The first kappa shape index (κ1) is 13.9. The van der Waals surface area contributed by atoms with Gasteiger partial charge in [-0.15, -0.1) is 0 Å². The van der Waals surface area contributed by atoms with Gasteiger partial charge in [0.25, 0.3) is 0 Å². The Morgan fingerprint density at radius 2 is 2.11 bits per heavy atom. The molecule has 0 radical (unpaired) electrons. The van der Waals surface area contributed by atoms with E-state index < -0.39 is 0 Å². The second kappa shape index (κ2) is 6.06. The van der Waals surface area contributed by atoms with Crippen LogP contribution in [0.15, 0.2) is 28.8 Å². The van der Waals surface area contributed by atoms with Gasteiger partial charge in [0.15, 0.2) is 0 Å². The molecule has 0 aliphatic rings. The molecule has 2 aromatic heterocycles. The highest BCUT2D eigenvalue weighted by molar-refractivity contribution is 5.09. The van der Waals surface area contributed by atoms with E-state index in [-0.39, 0.29) is 6.04 Å². The van der Waals surface area contributed by atoms with E-state index in [9.17, 15) is 0 Å². The lowest BCUT2D eigenvalue weighted by atomic mass is 10.2. The van der Waals surface area contributed by atoms with Gasteiger partial charge < -0.3 is 9.73 Å². The Balaban J connectivity index is 1.90. The molecular weight excluding hydrogens is 238 g/mol. The lowest BCUT2D eigenvalue weighted by Crippen LogP contribution is -2.18. The Morgan fingerprint density at radius 3 is 2.74 bits per heavy atom. The van der Waals surface area contributed by atoms with Crippen LogP contribution in [0.1, 0.15) is 56.5 Å². The smallest absolute Gasteiger partial charge is 0.120 e. The average Bonchev–Trinajstić information content (AvgIpc) is 3.04. The van der Waals surface area contributed by atoms with Crippen molar-refractivity contribution in [2.45, 2.75) is 52.7 Å². The molecule has 0 amide bonds. The molecule has 4 heteroatoms. The second-order valence-corrected chi connectivity index (χ2v) is 5.10. The number of aryl methyl sites for hydroxylation is 1. The molecule has 0 aromatic carbocycles. The van der Waals surface area contributed by atoms with Gasteiger partial charge in [-0.2, -0.15) is 5.10 Å². The molecule has 0 bridgehead atoms. The van der Waals surface area contributed by atoms with Crippen LogP contribution in [0.2, 0.25) is 0 Å². The van der Waals surface area contributed by atoms with Crippen LogP contribution in [0.4, 0.5) is 0 Å². The van der Waals surface area contributed by atoms with E-state index in [0.29, 0.717) is 6.04 Å². The van der Waals surface area contributed by atoms with E-state index >= 15 is 0 Å². The highest BCUT2D eigenvalue weighted by atomic mass is 16.3. The second-order valence-electron chi connectivity index (χ2n) is 5.10. The Bertz CT molecular complexity index is 515. The van der Waals surface area contributed by atoms with Gasteiger partial charge in [-0.05, 0) is 45.4 Å². The monoisotopic (exact) mass is 261 g/mol. The van der Waals surface area contributed by atoms with Gasteiger partial charge in [0.05, 0.1) is 11.7 Å². The van der Waals surface area contributed by atoms with Crippen molar-refractivity contribution < 1.29 is 4.42 Å². The van der Waals surface area contributed by atoms with Gasteiger partial charge >= 0.3 is 0 Å². The third kappa shape index (κ3) is 3.47. The molecule has 0 aliphatic carbocycles. The molecule has 0 saturated heterocycles. The molecule has 104 valence electrons. The summed E-state index contributed by atoms with van der Waals surface area (Å²) in [4.78, 5) is 0. The number of rotatable bonds is 6. The molecule has 2 aromatic rings. The Morgan fingerprint density at radius 1 is 1.32 bits per heavy atom. The third-order valence-electron chi connectivity index (χ3n) is 3.48. The van der Waals surface area contributed by atoms with Crippen molar-refractivity contribution in [2.75, 3.05) is 0 Å². The zero-order valence-corrected chi connectivity index (χ0v) is 12.2. The first-order valence-corrected chi connectivity index (χ1v) is 6.94. The molecular formula is C15H23N3O. The van der Waals surface area contributed by atoms with Gasteiger partial charge in [0.1, 0.15) is 11.5 Å². The maximum absolute atomic E-state index is 5.61. The number of hydrogen-bond acceptors (Lipinski definition) is 3. The van der Waals surface area contributed by atoms with Gasteiger partial charge in [-0.1, -0.05) is 6.92 Å². The quantitative estimate of drug-likeness (QED) is 0.864. The summed E-state index contributed by atoms with van der Waals surface area (Å²) in [7, 11) is 0. The van der Waals surface area contributed by atoms with Crippen molar-refractivity contribution in [2.24, 2.45) is 0 Å². The average molecular weight is 261 g/mol. The van der Waals surface area contributed by atoms with Crippen molar-refractivity contribution in [3.63, 3.8) is 0 Å². The number of nitrogens with zero attached hydrogens (tertiary/aromatic N) is 2. The fraction of sp³-hybridized carbons (Fsp3) is 0.533. The van der Waals surface area contributed by atoms with E-state index in [1.807, 2.05) is 29.9 Å². The van der Waals surface area contributed by atoms with Crippen LogP contribution in [0.25, 0.3) is 0 Å². The number of nitrogens with one attached hydrogen (secondary N) is 1. The zero-order chi connectivity index (χ0) is 13.8. The number of aromatic nitrogens is 2. The van der Waals surface area contributed by atoms with Crippen LogP contribution in [0.5, 0.6) is 0 Å². The molecule has 19 heavy (non-hydrogen) atoms. The van der Waals surface area contributed by atoms with E-state index in [1.165, 1.54) is 0 Å². The normalized spacial score (nSPS) is 14.5. The lowest BCUT2D eigenvalue weighted by molar-refractivity contribution is 0.412. The molecule has 2 atom stereocenters. The summed E-state index contributed by atoms with van der Waals surface area (Å²) in [5.41, 5.74) is 1.07. The van der Waals surface area contributed by atoms with Crippen LogP contribution in [0.3, 0.4) is 0 Å². The van der Waals surface area contributed by atoms with Crippen molar-refractivity contribution in [3.05, 3.63) is 41.6 Å². The van der Waals surface area contributed by atoms with Crippen LogP contribution >= 0.6 is 0 Å². The maximum atomic E-state index is 5.61. The standard InChI is InChI=1S/C15H23N3O/c1-5-11(2)18-9-8-14(17-18)10-16-13(4)15-7-6-12(3)19-15/h6-9,11,13,16H,5,10H2,1-4H3. The zero-order valence-electron chi connectivity index (χ0n) is 12.2. The highest BCUT2D eigenvalue weighted by Gasteiger charge is 2.10. The van der Waals surface area contributed by atoms with E-state index in [2.05, 4.69) is 37.3 Å². The highest BCUT2D eigenvalue weighted by Crippen LogP contribution is 2.16. The molecule has 0 aliphatic heterocycles. The third-order valence-corrected chi connectivity index (χ3v) is 3.48. The Kier molecular flexibility index (Phi) is 4.43. The molecule has 1 N–H and O–H groups in total. The van der Waals surface area contributed by atoms with E-state index in [4.69, 9.17) is 4.42 Å². The molecule has 2 heterocycles. The van der Waals surface area contributed by atoms with E-state index in [0.717, 1.165) is 30.2 Å². The molecule has 0 spiro atoms. The summed E-state index contributed by atoms with van der Waals surface area (Å²) < 4.78 is 7.63. The molecule has 0 saturated carbocycles. The van der Waals surface area contributed by atoms with Gasteiger partial charge in [-0.3, -0.25) is 4.68 Å². The first-order chi connectivity index (χ1) is 9.10. The minimum Gasteiger partial charge on any atom is -0.465 e.